The van der Waals surface area contributed by atoms with Crippen molar-refractivity contribution >= 4 is 11.8 Å². The van der Waals surface area contributed by atoms with Crippen molar-refractivity contribution in [3.63, 3.8) is 0 Å². The number of aryl methyl sites for hydroxylation is 1. The number of methoxy groups -OCH3 is 1. The smallest absolute Gasteiger partial charge is 0.311 e. The Hall–Kier alpha value is -1.89. The van der Waals surface area contributed by atoms with Crippen LogP contribution >= 0.6 is 0 Å². The van der Waals surface area contributed by atoms with Gasteiger partial charge in [0, 0.05) is 12.6 Å². The van der Waals surface area contributed by atoms with Crippen molar-refractivity contribution in [3.05, 3.63) is 11.9 Å². The monoisotopic (exact) mass is 295 g/mol. The van der Waals surface area contributed by atoms with Gasteiger partial charge in [-0.15, -0.1) is 0 Å². The molecule has 0 bridgehead atoms. The van der Waals surface area contributed by atoms with Gasteiger partial charge < -0.3 is 19.5 Å². The van der Waals surface area contributed by atoms with Crippen molar-refractivity contribution in [3.8, 4) is 5.88 Å². The lowest BCUT2D eigenvalue weighted by Crippen LogP contribution is -2.44. The average Bonchev–Trinajstić information content (AvgIpc) is 2.93. The molecule has 7 nitrogen and oxygen atoms in total. The highest BCUT2D eigenvalue weighted by Crippen LogP contribution is 2.26. The van der Waals surface area contributed by atoms with Gasteiger partial charge >= 0.3 is 5.97 Å². The summed E-state index contributed by atoms with van der Waals surface area (Å²) in [6.45, 7) is 5.17. The average molecular weight is 295 g/mol. The maximum Gasteiger partial charge on any atom is 0.311 e. The minimum atomic E-state index is -0.837. The number of carboxylic acid groups (broad SMARTS) is 1. The Morgan fingerprint density at radius 1 is 1.52 bits per heavy atom. The van der Waals surface area contributed by atoms with Crippen LogP contribution < -0.4 is 9.64 Å². The second-order valence-corrected chi connectivity index (χ2v) is 5.06. The standard InChI is InChI=1S/C14H21N3O4/c1-4-5-17(11-8-21-7-10(11)14(18)19)12-6-13(20-3)16-9(2)15-12/h6,10-11H,4-5,7-8H2,1-3H3,(H,18,19). The summed E-state index contributed by atoms with van der Waals surface area (Å²) in [7, 11) is 1.55. The highest BCUT2D eigenvalue weighted by Gasteiger charge is 2.38. The van der Waals surface area contributed by atoms with Crippen LogP contribution in [0.15, 0.2) is 6.07 Å². The molecule has 0 aliphatic carbocycles. The molecule has 1 saturated heterocycles. The van der Waals surface area contributed by atoms with E-state index in [0.29, 0.717) is 30.7 Å². The lowest BCUT2D eigenvalue weighted by atomic mass is 10.0. The Morgan fingerprint density at radius 3 is 2.90 bits per heavy atom. The molecule has 2 rings (SSSR count). The van der Waals surface area contributed by atoms with Crippen molar-refractivity contribution in [1.29, 1.82) is 0 Å². The molecule has 116 valence electrons. The van der Waals surface area contributed by atoms with E-state index in [2.05, 4.69) is 9.97 Å². The molecule has 0 amide bonds. The highest BCUT2D eigenvalue weighted by molar-refractivity contribution is 5.72. The summed E-state index contributed by atoms with van der Waals surface area (Å²) in [5, 5.41) is 9.34. The third kappa shape index (κ3) is 3.41. The first kappa shape index (κ1) is 15.5. The fraction of sp³-hybridized carbons (Fsp3) is 0.643. The van der Waals surface area contributed by atoms with E-state index in [1.807, 2.05) is 11.8 Å². The molecule has 1 aromatic rings. The van der Waals surface area contributed by atoms with Crippen LogP contribution in [0.4, 0.5) is 5.82 Å². The van der Waals surface area contributed by atoms with Gasteiger partial charge in [-0.3, -0.25) is 4.79 Å². The molecule has 1 aliphatic heterocycles. The number of hydrogen-bond acceptors (Lipinski definition) is 6. The number of rotatable bonds is 6. The van der Waals surface area contributed by atoms with E-state index in [1.165, 1.54) is 0 Å². The topological polar surface area (TPSA) is 84.8 Å². The van der Waals surface area contributed by atoms with Crippen molar-refractivity contribution in [2.75, 3.05) is 31.8 Å². The molecular weight excluding hydrogens is 274 g/mol. The predicted molar refractivity (Wildman–Crippen MR) is 76.7 cm³/mol. The second kappa shape index (κ2) is 6.71. The summed E-state index contributed by atoms with van der Waals surface area (Å²) >= 11 is 0. The van der Waals surface area contributed by atoms with E-state index in [9.17, 15) is 9.90 Å². The van der Waals surface area contributed by atoms with Crippen LogP contribution in [0, 0.1) is 12.8 Å². The van der Waals surface area contributed by atoms with E-state index >= 15 is 0 Å². The summed E-state index contributed by atoms with van der Waals surface area (Å²) in [6.07, 6.45) is 0.883. The molecule has 0 radical (unpaired) electrons. The maximum absolute atomic E-state index is 11.4. The fourth-order valence-corrected chi connectivity index (χ4v) is 2.55. The van der Waals surface area contributed by atoms with Gasteiger partial charge in [0.15, 0.2) is 0 Å². The molecule has 2 unspecified atom stereocenters. The largest absolute Gasteiger partial charge is 0.481 e. The van der Waals surface area contributed by atoms with Crippen LogP contribution in [0.3, 0.4) is 0 Å². The van der Waals surface area contributed by atoms with Crippen LogP contribution in [0.1, 0.15) is 19.2 Å². The van der Waals surface area contributed by atoms with E-state index in [0.717, 1.165) is 6.42 Å². The number of carbonyl (C=O) groups is 1. The second-order valence-electron chi connectivity index (χ2n) is 5.06. The van der Waals surface area contributed by atoms with Gasteiger partial charge in [-0.1, -0.05) is 6.92 Å². The molecule has 1 aliphatic rings. The Labute approximate surface area is 123 Å². The van der Waals surface area contributed by atoms with Crippen LogP contribution in [0.2, 0.25) is 0 Å². The summed E-state index contributed by atoms with van der Waals surface area (Å²) < 4.78 is 10.5. The van der Waals surface area contributed by atoms with Gasteiger partial charge in [0.1, 0.15) is 17.6 Å². The van der Waals surface area contributed by atoms with Crippen molar-refractivity contribution in [2.45, 2.75) is 26.3 Å². The third-order valence-electron chi connectivity index (χ3n) is 3.54. The van der Waals surface area contributed by atoms with Gasteiger partial charge in [-0.25, -0.2) is 4.98 Å². The molecule has 0 aromatic carbocycles. The van der Waals surface area contributed by atoms with Gasteiger partial charge in [0.25, 0.3) is 0 Å². The predicted octanol–water partition coefficient (Wildman–Crippen LogP) is 1.11. The van der Waals surface area contributed by atoms with Crippen LogP contribution in [-0.4, -0.2) is 54.0 Å². The fourth-order valence-electron chi connectivity index (χ4n) is 2.55. The molecular formula is C14H21N3O4. The lowest BCUT2D eigenvalue weighted by Gasteiger charge is -2.31. The van der Waals surface area contributed by atoms with Gasteiger partial charge in [0.2, 0.25) is 5.88 Å². The number of hydrogen-bond donors (Lipinski definition) is 1. The molecule has 0 saturated carbocycles. The molecule has 1 aromatic heterocycles. The molecule has 2 atom stereocenters. The number of carboxylic acids is 1. The summed E-state index contributed by atoms with van der Waals surface area (Å²) in [5.41, 5.74) is 0. The van der Waals surface area contributed by atoms with Crippen LogP contribution in [0.25, 0.3) is 0 Å². The van der Waals surface area contributed by atoms with E-state index in [-0.39, 0.29) is 12.6 Å². The minimum absolute atomic E-state index is 0.221. The first-order valence-corrected chi connectivity index (χ1v) is 7.03. The summed E-state index contributed by atoms with van der Waals surface area (Å²) in [6, 6.07) is 1.52. The summed E-state index contributed by atoms with van der Waals surface area (Å²) in [4.78, 5) is 22.0. The SMILES string of the molecule is CCCN(c1cc(OC)nc(C)n1)C1COCC1C(=O)O. The highest BCUT2D eigenvalue weighted by atomic mass is 16.5. The summed E-state index contributed by atoms with van der Waals surface area (Å²) in [5.74, 6) is 0.373. The minimum Gasteiger partial charge on any atom is -0.481 e. The molecule has 0 spiro atoms. The third-order valence-corrected chi connectivity index (χ3v) is 3.54. The Balaban J connectivity index is 2.34. The number of aliphatic carboxylic acids is 1. The van der Waals surface area contributed by atoms with Gasteiger partial charge in [-0.2, -0.15) is 4.98 Å². The first-order chi connectivity index (χ1) is 10.1. The van der Waals surface area contributed by atoms with Crippen molar-refractivity contribution < 1.29 is 19.4 Å². The zero-order valence-electron chi connectivity index (χ0n) is 12.6. The Morgan fingerprint density at radius 2 is 2.29 bits per heavy atom. The number of ether oxygens (including phenoxy) is 2. The molecule has 1 N–H and O–H groups in total. The zero-order chi connectivity index (χ0) is 15.4. The van der Waals surface area contributed by atoms with E-state index < -0.39 is 11.9 Å². The zero-order valence-corrected chi connectivity index (χ0v) is 12.6. The first-order valence-electron chi connectivity index (χ1n) is 7.03. The normalized spacial score (nSPS) is 21.3. The van der Waals surface area contributed by atoms with Gasteiger partial charge in [0.05, 0.1) is 26.4 Å². The Kier molecular flexibility index (Phi) is 4.95. The number of anilines is 1. The molecule has 2 heterocycles. The molecule has 21 heavy (non-hydrogen) atoms. The quantitative estimate of drug-likeness (QED) is 0.841. The van der Waals surface area contributed by atoms with Crippen molar-refractivity contribution in [2.24, 2.45) is 5.92 Å². The van der Waals surface area contributed by atoms with Crippen molar-refractivity contribution in [1.82, 2.24) is 9.97 Å². The molecule has 7 heteroatoms. The Bertz CT molecular complexity index is 509. The van der Waals surface area contributed by atoms with Crippen LogP contribution in [-0.2, 0) is 9.53 Å². The lowest BCUT2D eigenvalue weighted by molar-refractivity contribution is -0.141. The number of nitrogens with zero attached hydrogens (tertiary/aromatic N) is 3. The number of aromatic nitrogens is 2. The van der Waals surface area contributed by atoms with Crippen LogP contribution in [0.5, 0.6) is 5.88 Å². The van der Waals surface area contributed by atoms with E-state index in [1.54, 1.807) is 20.1 Å². The van der Waals surface area contributed by atoms with Gasteiger partial charge in [-0.05, 0) is 13.3 Å². The molecule has 1 fully saturated rings. The van der Waals surface area contributed by atoms with E-state index in [4.69, 9.17) is 9.47 Å². The maximum atomic E-state index is 11.4.